The highest BCUT2D eigenvalue weighted by Crippen LogP contribution is 2.28. The van der Waals surface area contributed by atoms with Gasteiger partial charge in [0.25, 0.3) is 10.0 Å². The minimum atomic E-state index is -4.34. The Morgan fingerprint density at radius 3 is 2.38 bits per heavy atom. The highest BCUT2D eigenvalue weighted by molar-refractivity contribution is 7.89. The molecule has 3 rings (SSSR count). The summed E-state index contributed by atoms with van der Waals surface area (Å²) in [7, 11) is -4.34. The third-order valence-electron chi connectivity index (χ3n) is 3.97. The van der Waals surface area contributed by atoms with Crippen LogP contribution in [0.25, 0.3) is 0 Å². The Balaban J connectivity index is 1.90. The van der Waals surface area contributed by atoms with Crippen molar-refractivity contribution in [3.8, 4) is 0 Å². The zero-order valence-electron chi connectivity index (χ0n) is 13.4. The van der Waals surface area contributed by atoms with E-state index < -0.39 is 39.5 Å². The van der Waals surface area contributed by atoms with Crippen LogP contribution in [0.2, 0.25) is 0 Å². The first kappa shape index (κ1) is 18.0. The summed E-state index contributed by atoms with van der Waals surface area (Å²) in [6.45, 7) is 0. The molecule has 1 aliphatic rings. The molecule has 0 aromatic heterocycles. The molecule has 1 heterocycles. The number of carbonyl (C=O) groups is 2. The molecule has 0 unspecified atom stereocenters. The molecule has 1 N–H and O–H groups in total. The van der Waals surface area contributed by atoms with Gasteiger partial charge < -0.3 is 5.32 Å². The third-order valence-corrected chi connectivity index (χ3v) is 5.81. The second kappa shape index (κ2) is 6.83. The summed E-state index contributed by atoms with van der Waals surface area (Å²) in [5.74, 6) is -2.88. The zero-order valence-corrected chi connectivity index (χ0v) is 14.2. The number of halogens is 2. The van der Waals surface area contributed by atoms with Gasteiger partial charge in [-0.2, -0.15) is 0 Å². The Morgan fingerprint density at radius 1 is 1.08 bits per heavy atom. The fourth-order valence-corrected chi connectivity index (χ4v) is 4.30. The van der Waals surface area contributed by atoms with E-state index in [2.05, 4.69) is 5.32 Å². The average Bonchev–Trinajstić information content (AvgIpc) is 3.00. The molecule has 9 heteroatoms. The van der Waals surface area contributed by atoms with Crippen molar-refractivity contribution < 1.29 is 26.8 Å². The topological polar surface area (TPSA) is 83.6 Å². The molecule has 0 spiro atoms. The van der Waals surface area contributed by atoms with Crippen LogP contribution in [0.15, 0.2) is 53.4 Å². The summed E-state index contributed by atoms with van der Waals surface area (Å²) >= 11 is 0. The molecule has 1 atom stereocenters. The molecule has 2 amide bonds. The Kier molecular flexibility index (Phi) is 4.73. The summed E-state index contributed by atoms with van der Waals surface area (Å²) in [4.78, 5) is 24.3. The van der Waals surface area contributed by atoms with Crippen LogP contribution in [-0.2, 0) is 19.6 Å². The maximum absolute atomic E-state index is 13.7. The molecular weight excluding hydrogens is 366 g/mol. The lowest BCUT2D eigenvalue weighted by Gasteiger charge is -2.23. The quantitative estimate of drug-likeness (QED) is 0.882. The van der Waals surface area contributed by atoms with Crippen molar-refractivity contribution in [2.45, 2.75) is 23.8 Å². The maximum atomic E-state index is 13.7. The molecule has 26 heavy (non-hydrogen) atoms. The van der Waals surface area contributed by atoms with E-state index in [-0.39, 0.29) is 23.4 Å². The molecule has 1 saturated heterocycles. The lowest BCUT2D eigenvalue weighted by molar-refractivity contribution is -0.128. The van der Waals surface area contributed by atoms with E-state index in [9.17, 15) is 26.8 Å². The van der Waals surface area contributed by atoms with Gasteiger partial charge in [0.05, 0.1) is 10.6 Å². The standard InChI is InChI=1S/C17H14F2N2O4S/c18-11-5-7-12(8-6-11)26(24,25)21-15(9-10-16(21)22)17(23)20-14-4-2-1-3-13(14)19/h1-8,15H,9-10H2,(H,20,23)/t15-/m1/s1. The first-order valence-corrected chi connectivity index (χ1v) is 9.13. The van der Waals surface area contributed by atoms with Crippen molar-refractivity contribution in [2.24, 2.45) is 0 Å². The summed E-state index contributed by atoms with van der Waals surface area (Å²) in [6.07, 6.45) is -0.171. The molecule has 0 aliphatic carbocycles. The number of sulfonamides is 1. The lowest BCUT2D eigenvalue weighted by atomic mass is 10.2. The van der Waals surface area contributed by atoms with Crippen molar-refractivity contribution in [3.63, 3.8) is 0 Å². The molecule has 0 saturated carbocycles. The van der Waals surface area contributed by atoms with Gasteiger partial charge in [-0.05, 0) is 42.8 Å². The first-order valence-electron chi connectivity index (χ1n) is 7.69. The van der Waals surface area contributed by atoms with E-state index in [0.717, 1.165) is 30.3 Å². The maximum Gasteiger partial charge on any atom is 0.267 e. The van der Waals surface area contributed by atoms with Crippen molar-refractivity contribution in [1.29, 1.82) is 0 Å². The number of rotatable bonds is 4. The highest BCUT2D eigenvalue weighted by atomic mass is 32.2. The van der Waals surface area contributed by atoms with Gasteiger partial charge in [0.15, 0.2) is 0 Å². The molecule has 1 aliphatic heterocycles. The van der Waals surface area contributed by atoms with Crippen molar-refractivity contribution in [1.82, 2.24) is 4.31 Å². The van der Waals surface area contributed by atoms with Gasteiger partial charge in [-0.1, -0.05) is 12.1 Å². The third kappa shape index (κ3) is 3.30. The summed E-state index contributed by atoms with van der Waals surface area (Å²) < 4.78 is 52.7. The molecule has 2 aromatic carbocycles. The normalized spacial score (nSPS) is 17.4. The second-order valence-electron chi connectivity index (χ2n) is 5.67. The van der Waals surface area contributed by atoms with Gasteiger partial charge in [-0.15, -0.1) is 0 Å². The van der Waals surface area contributed by atoms with Gasteiger partial charge in [-0.3, -0.25) is 9.59 Å². The fraction of sp³-hybridized carbons (Fsp3) is 0.176. The van der Waals surface area contributed by atoms with Crippen molar-refractivity contribution in [2.75, 3.05) is 5.32 Å². The number of anilines is 1. The monoisotopic (exact) mass is 380 g/mol. The van der Waals surface area contributed by atoms with Gasteiger partial charge in [0.2, 0.25) is 11.8 Å². The Morgan fingerprint density at radius 2 is 1.73 bits per heavy atom. The van der Waals surface area contributed by atoms with Gasteiger partial charge in [-0.25, -0.2) is 21.5 Å². The van der Waals surface area contributed by atoms with Crippen LogP contribution in [-0.4, -0.2) is 30.6 Å². The van der Waals surface area contributed by atoms with E-state index in [1.54, 1.807) is 0 Å². The fourth-order valence-electron chi connectivity index (χ4n) is 2.70. The van der Waals surface area contributed by atoms with E-state index in [1.165, 1.54) is 18.2 Å². The van der Waals surface area contributed by atoms with Crippen LogP contribution in [0.4, 0.5) is 14.5 Å². The molecule has 2 aromatic rings. The number of carbonyl (C=O) groups excluding carboxylic acids is 2. The Hall–Kier alpha value is -2.81. The molecule has 0 bridgehead atoms. The molecule has 0 radical (unpaired) electrons. The minimum Gasteiger partial charge on any atom is -0.322 e. The van der Waals surface area contributed by atoms with E-state index in [4.69, 9.17) is 0 Å². The number of nitrogens with one attached hydrogen (secondary N) is 1. The zero-order chi connectivity index (χ0) is 18.9. The number of nitrogens with zero attached hydrogens (tertiary/aromatic N) is 1. The van der Waals surface area contributed by atoms with Gasteiger partial charge >= 0.3 is 0 Å². The highest BCUT2D eigenvalue weighted by Gasteiger charge is 2.44. The summed E-state index contributed by atoms with van der Waals surface area (Å²) in [5.41, 5.74) is -0.115. The van der Waals surface area contributed by atoms with E-state index >= 15 is 0 Å². The van der Waals surface area contributed by atoms with Crippen LogP contribution in [0, 0.1) is 11.6 Å². The van der Waals surface area contributed by atoms with Crippen molar-refractivity contribution >= 4 is 27.5 Å². The predicted octanol–water partition coefficient (Wildman–Crippen LogP) is 2.28. The van der Waals surface area contributed by atoms with Crippen LogP contribution in [0.5, 0.6) is 0 Å². The lowest BCUT2D eigenvalue weighted by Crippen LogP contribution is -2.45. The van der Waals surface area contributed by atoms with E-state index in [0.29, 0.717) is 4.31 Å². The number of benzene rings is 2. The Labute approximate surface area is 148 Å². The van der Waals surface area contributed by atoms with E-state index in [1.807, 2.05) is 0 Å². The number of hydrogen-bond donors (Lipinski definition) is 1. The first-order chi connectivity index (χ1) is 12.3. The summed E-state index contributed by atoms with van der Waals surface area (Å²) in [5, 5.41) is 2.30. The average molecular weight is 380 g/mol. The molecule has 1 fully saturated rings. The SMILES string of the molecule is O=C(Nc1ccccc1F)[C@H]1CCC(=O)N1S(=O)(=O)c1ccc(F)cc1. The van der Waals surface area contributed by atoms with Gasteiger partial charge in [0.1, 0.15) is 17.7 Å². The largest absolute Gasteiger partial charge is 0.322 e. The molecular formula is C17H14F2N2O4S. The molecule has 6 nitrogen and oxygen atoms in total. The summed E-state index contributed by atoms with van der Waals surface area (Å²) in [6, 6.07) is 8.03. The minimum absolute atomic E-state index is 0.0282. The van der Waals surface area contributed by atoms with Gasteiger partial charge in [0, 0.05) is 6.42 Å². The van der Waals surface area contributed by atoms with Crippen LogP contribution >= 0.6 is 0 Å². The number of hydrogen-bond acceptors (Lipinski definition) is 4. The smallest absolute Gasteiger partial charge is 0.267 e. The van der Waals surface area contributed by atoms with Crippen LogP contribution in [0.1, 0.15) is 12.8 Å². The number of para-hydroxylation sites is 1. The van der Waals surface area contributed by atoms with Crippen LogP contribution < -0.4 is 5.32 Å². The molecule has 136 valence electrons. The predicted molar refractivity (Wildman–Crippen MR) is 88.5 cm³/mol. The second-order valence-corrected chi connectivity index (χ2v) is 7.49. The Bertz CT molecular complexity index is 961. The number of amides is 2. The van der Waals surface area contributed by atoms with Crippen LogP contribution in [0.3, 0.4) is 0 Å². The van der Waals surface area contributed by atoms with Crippen molar-refractivity contribution in [3.05, 3.63) is 60.2 Å².